The average Bonchev–Trinajstić information content (AvgIpc) is 3.15. The lowest BCUT2D eigenvalue weighted by Gasteiger charge is -2.12. The largest absolute Gasteiger partial charge is 0.445 e. The number of benzene rings is 1. The Bertz CT molecular complexity index is 739. The summed E-state index contributed by atoms with van der Waals surface area (Å²) in [5.74, 6) is 2.79. The van der Waals surface area contributed by atoms with Gasteiger partial charge in [0.2, 0.25) is 11.7 Å². The number of rotatable bonds is 4. The summed E-state index contributed by atoms with van der Waals surface area (Å²) < 4.78 is 11.0. The molecule has 1 aromatic carbocycles. The van der Waals surface area contributed by atoms with E-state index in [2.05, 4.69) is 35.9 Å². The standard InChI is InChI=1S/C17H19N3O2/c1-17(2,3)13-11-18-14(21-13)9-10-15-19-16(20-22-15)12-7-5-4-6-8-12/h4-8,11H,9-10H2,1-3H3. The van der Waals surface area contributed by atoms with Gasteiger partial charge >= 0.3 is 0 Å². The zero-order valence-electron chi connectivity index (χ0n) is 13.0. The minimum absolute atomic E-state index is 0.0315. The molecular weight excluding hydrogens is 278 g/mol. The lowest BCUT2D eigenvalue weighted by Crippen LogP contribution is -2.09. The molecule has 0 saturated carbocycles. The molecule has 0 bridgehead atoms. The first-order chi connectivity index (χ1) is 10.5. The van der Waals surface area contributed by atoms with Crippen LogP contribution in [0.3, 0.4) is 0 Å². The van der Waals surface area contributed by atoms with E-state index in [1.165, 1.54) is 0 Å². The highest BCUT2D eigenvalue weighted by Crippen LogP contribution is 2.23. The molecule has 22 heavy (non-hydrogen) atoms. The van der Waals surface area contributed by atoms with Crippen LogP contribution in [-0.2, 0) is 18.3 Å². The van der Waals surface area contributed by atoms with Crippen molar-refractivity contribution in [2.75, 3.05) is 0 Å². The highest BCUT2D eigenvalue weighted by atomic mass is 16.5. The lowest BCUT2D eigenvalue weighted by atomic mass is 9.94. The van der Waals surface area contributed by atoms with Crippen molar-refractivity contribution in [2.24, 2.45) is 0 Å². The molecular formula is C17H19N3O2. The molecule has 0 unspecified atom stereocenters. The van der Waals surface area contributed by atoms with Crippen molar-refractivity contribution in [2.45, 2.75) is 39.0 Å². The van der Waals surface area contributed by atoms with E-state index in [1.54, 1.807) is 6.20 Å². The highest BCUT2D eigenvalue weighted by Gasteiger charge is 2.19. The fourth-order valence-electron chi connectivity index (χ4n) is 2.05. The highest BCUT2D eigenvalue weighted by molar-refractivity contribution is 5.53. The second-order valence-corrected chi connectivity index (χ2v) is 6.25. The van der Waals surface area contributed by atoms with Crippen LogP contribution in [-0.4, -0.2) is 15.1 Å². The molecule has 0 amide bonds. The zero-order valence-corrected chi connectivity index (χ0v) is 13.0. The first-order valence-corrected chi connectivity index (χ1v) is 7.35. The van der Waals surface area contributed by atoms with Crippen LogP contribution < -0.4 is 0 Å². The third-order valence-electron chi connectivity index (χ3n) is 3.35. The molecule has 114 valence electrons. The van der Waals surface area contributed by atoms with E-state index in [0.29, 0.717) is 30.4 Å². The van der Waals surface area contributed by atoms with Gasteiger partial charge in [-0.25, -0.2) is 4.98 Å². The smallest absolute Gasteiger partial charge is 0.227 e. The van der Waals surface area contributed by atoms with Crippen LogP contribution in [0.2, 0.25) is 0 Å². The van der Waals surface area contributed by atoms with Crippen LogP contribution in [0, 0.1) is 0 Å². The second-order valence-electron chi connectivity index (χ2n) is 6.25. The molecule has 0 aliphatic carbocycles. The molecule has 5 nitrogen and oxygen atoms in total. The van der Waals surface area contributed by atoms with Crippen molar-refractivity contribution in [3.63, 3.8) is 0 Å². The van der Waals surface area contributed by atoms with Crippen LogP contribution >= 0.6 is 0 Å². The molecule has 3 rings (SSSR count). The van der Waals surface area contributed by atoms with Crippen molar-refractivity contribution >= 4 is 0 Å². The number of hydrogen-bond donors (Lipinski definition) is 0. The van der Waals surface area contributed by atoms with Crippen molar-refractivity contribution < 1.29 is 8.94 Å². The van der Waals surface area contributed by atoms with E-state index in [-0.39, 0.29) is 5.41 Å². The van der Waals surface area contributed by atoms with Crippen LogP contribution in [0.25, 0.3) is 11.4 Å². The number of hydrogen-bond acceptors (Lipinski definition) is 5. The van der Waals surface area contributed by atoms with E-state index in [4.69, 9.17) is 8.94 Å². The molecule has 0 fully saturated rings. The molecule has 2 aromatic heterocycles. The molecule has 2 heterocycles. The van der Waals surface area contributed by atoms with Crippen molar-refractivity contribution in [1.82, 2.24) is 15.1 Å². The van der Waals surface area contributed by atoms with Gasteiger partial charge in [-0.1, -0.05) is 56.3 Å². The third kappa shape index (κ3) is 3.24. The number of oxazole rings is 1. The predicted molar refractivity (Wildman–Crippen MR) is 82.3 cm³/mol. The maximum Gasteiger partial charge on any atom is 0.227 e. The van der Waals surface area contributed by atoms with E-state index < -0.39 is 0 Å². The summed E-state index contributed by atoms with van der Waals surface area (Å²) in [6.07, 6.45) is 3.05. The van der Waals surface area contributed by atoms with E-state index in [0.717, 1.165) is 11.3 Å². The maximum absolute atomic E-state index is 5.76. The van der Waals surface area contributed by atoms with Crippen molar-refractivity contribution in [3.05, 3.63) is 54.1 Å². The molecule has 3 aromatic rings. The van der Waals surface area contributed by atoms with Gasteiger partial charge in [0.1, 0.15) is 5.76 Å². The summed E-state index contributed by atoms with van der Waals surface area (Å²) in [5.41, 5.74) is 0.916. The molecule has 0 aliphatic heterocycles. The summed E-state index contributed by atoms with van der Waals surface area (Å²) in [7, 11) is 0. The average molecular weight is 297 g/mol. The van der Waals surface area contributed by atoms with Gasteiger partial charge in [-0.05, 0) is 0 Å². The van der Waals surface area contributed by atoms with Crippen LogP contribution in [0.4, 0.5) is 0 Å². The Morgan fingerprint density at radius 1 is 1.00 bits per heavy atom. The van der Waals surface area contributed by atoms with E-state index in [1.807, 2.05) is 30.3 Å². The first-order valence-electron chi connectivity index (χ1n) is 7.35. The first kappa shape index (κ1) is 14.5. The predicted octanol–water partition coefficient (Wildman–Crippen LogP) is 3.81. The van der Waals surface area contributed by atoms with Crippen molar-refractivity contribution in [1.29, 1.82) is 0 Å². The topological polar surface area (TPSA) is 65.0 Å². The summed E-state index contributed by atoms with van der Waals surface area (Å²) in [4.78, 5) is 8.71. The zero-order chi connectivity index (χ0) is 15.6. The molecule has 0 aliphatic rings. The van der Waals surface area contributed by atoms with Gasteiger partial charge in [-0.3, -0.25) is 0 Å². The molecule has 0 N–H and O–H groups in total. The Labute approximate surface area is 129 Å². The Morgan fingerprint density at radius 2 is 1.73 bits per heavy atom. The van der Waals surface area contributed by atoms with E-state index >= 15 is 0 Å². The minimum Gasteiger partial charge on any atom is -0.445 e. The fourth-order valence-corrected chi connectivity index (χ4v) is 2.05. The Hall–Kier alpha value is -2.43. The summed E-state index contributed by atoms with van der Waals surface area (Å²) >= 11 is 0. The Morgan fingerprint density at radius 3 is 2.41 bits per heavy atom. The molecule has 0 saturated heterocycles. The number of aryl methyl sites for hydroxylation is 2. The Balaban J connectivity index is 1.65. The van der Waals surface area contributed by atoms with Crippen LogP contribution in [0.1, 0.15) is 38.3 Å². The third-order valence-corrected chi connectivity index (χ3v) is 3.35. The van der Waals surface area contributed by atoms with E-state index in [9.17, 15) is 0 Å². The van der Waals surface area contributed by atoms with Gasteiger partial charge in [0, 0.05) is 23.8 Å². The lowest BCUT2D eigenvalue weighted by molar-refractivity contribution is 0.359. The summed E-state index contributed by atoms with van der Waals surface area (Å²) in [5, 5.41) is 4.01. The maximum atomic E-state index is 5.76. The minimum atomic E-state index is -0.0315. The Kier molecular flexibility index (Phi) is 3.79. The summed E-state index contributed by atoms with van der Waals surface area (Å²) in [6, 6.07) is 9.77. The molecule has 0 atom stereocenters. The molecule has 0 radical (unpaired) electrons. The SMILES string of the molecule is CC(C)(C)c1cnc(CCc2nc(-c3ccccc3)no2)o1. The van der Waals surface area contributed by atoms with Gasteiger partial charge in [-0.2, -0.15) is 4.98 Å². The van der Waals surface area contributed by atoms with Gasteiger partial charge in [0.15, 0.2) is 5.89 Å². The van der Waals surface area contributed by atoms with Gasteiger partial charge < -0.3 is 8.94 Å². The number of nitrogens with zero attached hydrogens (tertiary/aromatic N) is 3. The quantitative estimate of drug-likeness (QED) is 0.732. The normalized spacial score (nSPS) is 11.8. The second kappa shape index (κ2) is 5.75. The van der Waals surface area contributed by atoms with Gasteiger partial charge in [-0.15, -0.1) is 0 Å². The van der Waals surface area contributed by atoms with Crippen molar-refractivity contribution in [3.8, 4) is 11.4 Å². The van der Waals surface area contributed by atoms with Crippen LogP contribution in [0.5, 0.6) is 0 Å². The van der Waals surface area contributed by atoms with Crippen LogP contribution in [0.15, 0.2) is 45.5 Å². The molecule has 0 spiro atoms. The fraction of sp³-hybridized carbons (Fsp3) is 0.353. The number of aromatic nitrogens is 3. The summed E-state index contributed by atoms with van der Waals surface area (Å²) in [6.45, 7) is 6.30. The van der Waals surface area contributed by atoms with Gasteiger partial charge in [0.05, 0.1) is 6.20 Å². The van der Waals surface area contributed by atoms with Gasteiger partial charge in [0.25, 0.3) is 0 Å². The molecule has 5 heteroatoms. The monoisotopic (exact) mass is 297 g/mol.